The van der Waals surface area contributed by atoms with Crippen LogP contribution in [-0.4, -0.2) is 31.3 Å². The van der Waals surface area contributed by atoms with Crippen molar-refractivity contribution >= 4 is 23.4 Å². The number of fused-ring (bicyclic) bond motifs is 1. The molecule has 0 radical (unpaired) electrons. The van der Waals surface area contributed by atoms with Crippen molar-refractivity contribution in [1.29, 1.82) is 0 Å². The molecule has 0 aliphatic carbocycles. The summed E-state index contributed by atoms with van der Waals surface area (Å²) in [5, 5.41) is 2.80. The summed E-state index contributed by atoms with van der Waals surface area (Å²) in [7, 11) is 0. The average molecular weight is 458 g/mol. The largest absolute Gasteiger partial charge is 0.465 e. The van der Waals surface area contributed by atoms with Gasteiger partial charge in [0.15, 0.2) is 11.5 Å². The summed E-state index contributed by atoms with van der Waals surface area (Å²) in [6, 6.07) is 19.1. The monoisotopic (exact) mass is 457 g/mol. The SMILES string of the molecule is CCOc1nc2c(C)cc(C)nc2n1Cc1ccc(-c2ccccc2-c2nc(=S)o[nH]2)cc1. The molecule has 0 bridgehead atoms. The standard InChI is InChI=1S/C25H23N5O2S/c1-4-31-24-27-21-15(2)13-16(3)26-23(21)30(24)14-17-9-11-18(12-10-17)19-7-5-6-8-20(19)22-28-25(33)32-29-22/h5-13H,4,14H2,1-3H3,(H,28,29,33). The van der Waals surface area contributed by atoms with Crippen molar-refractivity contribution in [3.05, 3.63) is 76.3 Å². The van der Waals surface area contributed by atoms with Gasteiger partial charge in [0.1, 0.15) is 5.52 Å². The van der Waals surface area contributed by atoms with Crippen LogP contribution in [0.1, 0.15) is 23.7 Å². The number of pyridine rings is 1. The van der Waals surface area contributed by atoms with Crippen LogP contribution in [-0.2, 0) is 6.54 Å². The van der Waals surface area contributed by atoms with Crippen LogP contribution in [0.2, 0.25) is 0 Å². The first-order valence-corrected chi connectivity index (χ1v) is 11.2. The van der Waals surface area contributed by atoms with Crippen LogP contribution in [0, 0.1) is 18.7 Å². The first-order chi connectivity index (χ1) is 16.0. The number of ether oxygens (including phenoxy) is 1. The quantitative estimate of drug-likeness (QED) is 0.321. The Morgan fingerprint density at radius 1 is 1.00 bits per heavy atom. The molecule has 0 spiro atoms. The normalized spacial score (nSPS) is 11.2. The Morgan fingerprint density at radius 2 is 1.76 bits per heavy atom. The summed E-state index contributed by atoms with van der Waals surface area (Å²) in [5.41, 5.74) is 7.93. The molecule has 0 atom stereocenters. The third-order valence-electron chi connectivity index (χ3n) is 5.49. The smallest absolute Gasteiger partial charge is 0.314 e. The van der Waals surface area contributed by atoms with E-state index in [2.05, 4.69) is 47.4 Å². The molecule has 0 saturated carbocycles. The van der Waals surface area contributed by atoms with E-state index in [1.54, 1.807) is 0 Å². The minimum atomic E-state index is 0.187. The maximum absolute atomic E-state index is 5.83. The molecule has 0 saturated heterocycles. The third kappa shape index (κ3) is 4.05. The average Bonchev–Trinajstić information content (AvgIpc) is 3.39. The highest BCUT2D eigenvalue weighted by Crippen LogP contribution is 2.31. The van der Waals surface area contributed by atoms with Gasteiger partial charge in [-0.05, 0) is 61.3 Å². The lowest BCUT2D eigenvalue weighted by molar-refractivity contribution is 0.301. The van der Waals surface area contributed by atoms with E-state index in [-0.39, 0.29) is 4.84 Å². The highest BCUT2D eigenvalue weighted by Gasteiger charge is 2.16. The van der Waals surface area contributed by atoms with Gasteiger partial charge in [0.05, 0.1) is 13.2 Å². The van der Waals surface area contributed by atoms with Crippen LogP contribution in [0.5, 0.6) is 6.01 Å². The zero-order valence-corrected chi connectivity index (χ0v) is 19.4. The molecule has 8 heteroatoms. The summed E-state index contributed by atoms with van der Waals surface area (Å²) in [4.78, 5) is 13.9. The topological polar surface area (TPSA) is 81.8 Å². The van der Waals surface area contributed by atoms with Gasteiger partial charge in [-0.1, -0.05) is 48.5 Å². The Balaban J connectivity index is 1.51. The number of H-pyrrole nitrogens is 1. The van der Waals surface area contributed by atoms with Crippen LogP contribution >= 0.6 is 12.2 Å². The fraction of sp³-hybridized carbons (Fsp3) is 0.200. The molecular weight excluding hydrogens is 434 g/mol. The maximum atomic E-state index is 5.83. The fourth-order valence-corrected chi connectivity index (χ4v) is 4.16. The summed E-state index contributed by atoms with van der Waals surface area (Å²) in [6.45, 7) is 7.17. The van der Waals surface area contributed by atoms with Crippen LogP contribution in [0.3, 0.4) is 0 Å². The Labute approximate surface area is 196 Å². The van der Waals surface area contributed by atoms with Crippen molar-refractivity contribution < 1.29 is 9.26 Å². The van der Waals surface area contributed by atoms with Gasteiger partial charge < -0.3 is 9.26 Å². The minimum absolute atomic E-state index is 0.187. The molecule has 7 nitrogen and oxygen atoms in total. The van der Waals surface area contributed by atoms with E-state index in [1.165, 1.54) is 0 Å². The van der Waals surface area contributed by atoms with Gasteiger partial charge in [0.25, 0.3) is 6.01 Å². The van der Waals surface area contributed by atoms with Crippen molar-refractivity contribution in [3.8, 4) is 28.5 Å². The number of imidazole rings is 1. The lowest BCUT2D eigenvalue weighted by Gasteiger charge is -2.11. The Hall–Kier alpha value is -3.78. The second-order valence-electron chi connectivity index (χ2n) is 7.84. The van der Waals surface area contributed by atoms with Crippen LogP contribution in [0.25, 0.3) is 33.7 Å². The number of aromatic nitrogens is 5. The molecule has 0 aliphatic heterocycles. The number of hydrogen-bond acceptors (Lipinski definition) is 6. The van der Waals surface area contributed by atoms with Crippen molar-refractivity contribution in [3.63, 3.8) is 0 Å². The fourth-order valence-electron chi connectivity index (χ4n) is 4.02. The first-order valence-electron chi connectivity index (χ1n) is 10.7. The van der Waals surface area contributed by atoms with E-state index in [9.17, 15) is 0 Å². The Bertz CT molecular complexity index is 1500. The number of aromatic amines is 1. The molecule has 33 heavy (non-hydrogen) atoms. The van der Waals surface area contributed by atoms with E-state index in [1.807, 2.05) is 42.7 Å². The first kappa shape index (κ1) is 21.1. The number of benzene rings is 2. The Kier molecular flexibility index (Phi) is 5.51. The van der Waals surface area contributed by atoms with Gasteiger partial charge in [-0.25, -0.2) is 10.1 Å². The minimum Gasteiger partial charge on any atom is -0.465 e. The summed E-state index contributed by atoms with van der Waals surface area (Å²) < 4.78 is 13.0. The van der Waals surface area contributed by atoms with E-state index >= 15 is 0 Å². The molecule has 166 valence electrons. The zero-order chi connectivity index (χ0) is 22.9. The number of rotatable bonds is 6. The Morgan fingerprint density at radius 3 is 2.45 bits per heavy atom. The summed E-state index contributed by atoms with van der Waals surface area (Å²) in [6.07, 6.45) is 0. The molecular formula is C25H23N5O2S. The highest BCUT2D eigenvalue weighted by molar-refractivity contribution is 7.71. The van der Waals surface area contributed by atoms with Crippen molar-refractivity contribution in [1.82, 2.24) is 24.7 Å². The van der Waals surface area contributed by atoms with Gasteiger partial charge in [0.2, 0.25) is 0 Å². The highest BCUT2D eigenvalue weighted by atomic mass is 32.1. The maximum Gasteiger partial charge on any atom is 0.314 e. The molecule has 5 rings (SSSR count). The van der Waals surface area contributed by atoms with Gasteiger partial charge in [-0.2, -0.15) is 9.97 Å². The van der Waals surface area contributed by atoms with E-state index in [4.69, 9.17) is 31.4 Å². The number of aryl methyl sites for hydroxylation is 2. The predicted molar refractivity (Wildman–Crippen MR) is 130 cm³/mol. The second kappa shape index (κ2) is 8.63. The second-order valence-corrected chi connectivity index (χ2v) is 8.19. The predicted octanol–water partition coefficient (Wildman–Crippen LogP) is 5.87. The van der Waals surface area contributed by atoms with Gasteiger partial charge in [0, 0.05) is 11.3 Å². The molecule has 0 aliphatic rings. The molecule has 3 heterocycles. The molecule has 2 aromatic carbocycles. The number of nitrogens with one attached hydrogen (secondary N) is 1. The van der Waals surface area contributed by atoms with E-state index in [0.29, 0.717) is 25.0 Å². The zero-order valence-electron chi connectivity index (χ0n) is 18.6. The van der Waals surface area contributed by atoms with Crippen LogP contribution in [0.4, 0.5) is 0 Å². The van der Waals surface area contributed by atoms with E-state index in [0.717, 1.165) is 44.7 Å². The molecule has 0 amide bonds. The molecule has 0 fully saturated rings. The van der Waals surface area contributed by atoms with E-state index < -0.39 is 0 Å². The lowest BCUT2D eigenvalue weighted by atomic mass is 9.98. The number of nitrogens with zero attached hydrogens (tertiary/aromatic N) is 4. The van der Waals surface area contributed by atoms with Gasteiger partial charge >= 0.3 is 4.84 Å². The summed E-state index contributed by atoms with van der Waals surface area (Å²) in [5.74, 6) is 0.614. The lowest BCUT2D eigenvalue weighted by Crippen LogP contribution is -2.06. The van der Waals surface area contributed by atoms with Gasteiger partial charge in [-0.3, -0.25) is 4.57 Å². The van der Waals surface area contributed by atoms with Crippen molar-refractivity contribution in [2.45, 2.75) is 27.3 Å². The molecule has 0 unspecified atom stereocenters. The van der Waals surface area contributed by atoms with Crippen molar-refractivity contribution in [2.75, 3.05) is 6.61 Å². The summed E-state index contributed by atoms with van der Waals surface area (Å²) >= 11 is 5.01. The van der Waals surface area contributed by atoms with Gasteiger partial charge in [-0.15, -0.1) is 0 Å². The third-order valence-corrected chi connectivity index (χ3v) is 5.66. The molecule has 3 aromatic heterocycles. The van der Waals surface area contributed by atoms with Crippen molar-refractivity contribution in [2.24, 2.45) is 0 Å². The number of hydrogen-bond donors (Lipinski definition) is 1. The van der Waals surface area contributed by atoms with Crippen LogP contribution < -0.4 is 4.74 Å². The molecule has 5 aromatic rings. The van der Waals surface area contributed by atoms with Crippen LogP contribution in [0.15, 0.2) is 59.1 Å². The molecule has 1 N–H and O–H groups in total.